The van der Waals surface area contributed by atoms with Gasteiger partial charge in [-0.1, -0.05) is 143 Å². The van der Waals surface area contributed by atoms with Gasteiger partial charge >= 0.3 is 23.9 Å². The number of aromatic nitrogens is 2. The highest BCUT2D eigenvalue weighted by Crippen LogP contribution is 2.44. The number of unbranched alkanes of at least 4 members (excludes halogenated alkanes) is 2. The number of rotatable bonds is 67. The van der Waals surface area contributed by atoms with Crippen LogP contribution in [0, 0.1) is 63.7 Å². The summed E-state index contributed by atoms with van der Waals surface area (Å²) in [5.41, 5.74) is 14.9. The van der Waals surface area contributed by atoms with E-state index in [0.717, 1.165) is 71.0 Å². The Balaban J connectivity index is 0.000000530. The fourth-order valence-electron chi connectivity index (χ4n) is 16.9. The fourth-order valence-corrected chi connectivity index (χ4v) is 20.8. The van der Waals surface area contributed by atoms with Crippen molar-refractivity contribution in [2.75, 3.05) is 91.8 Å². The molecule has 1 aliphatic heterocycles. The lowest BCUT2D eigenvalue weighted by molar-refractivity contribution is -0.143. The Hall–Kier alpha value is -11.7. The highest BCUT2D eigenvalue weighted by atomic mass is 32.2. The molecule has 1 unspecified atom stereocenters. The second-order valence-electron chi connectivity index (χ2n) is 39.5. The lowest BCUT2D eigenvalue weighted by atomic mass is 9.83. The monoisotopic (exact) mass is 2170 g/mol. The number of benzene rings is 4. The molecular formula is C108H149F4N11O23S4. The SMILES string of the molecule is CC.CC(C)(C)[C@H](c1cc(-c2cc(F)ccc2F)cn1Cc1ccccc1)N(CCCN)C(=O)CSC[C@H](CC(=O)CCC(=O)O)C(=O)NCCS(=O)(=O)CCNC(=O)CCC(=O)CCC(=O)O.CC1CC(=O)N(CCCCCC(=O)C[C@H](C(=O)N[C@@H](C)C(=O)C[C@@H](CSCC(=O)CC[C@@H](NC(=O)CCSCC(=O)N(CCCN)[C@@H](c2cc(-c3cc(F)ccc3F)cn2Cc2ccccc2)C(C)(C)C)C(=O)O)C(=O)O)C(C)C)C1=O. The van der Waals surface area contributed by atoms with E-state index in [1.807, 2.05) is 125 Å². The second kappa shape index (κ2) is 64.8. The first-order valence-electron chi connectivity index (χ1n) is 50.6. The maximum Gasteiger partial charge on any atom is 0.326 e. The molecule has 0 saturated carbocycles. The van der Waals surface area contributed by atoms with E-state index >= 15 is 8.78 Å². The molecule has 7 rings (SSSR count). The van der Waals surface area contributed by atoms with E-state index in [1.54, 1.807) is 55.1 Å². The van der Waals surface area contributed by atoms with Crippen molar-refractivity contribution in [1.82, 2.24) is 45.1 Å². The molecule has 12 N–H and O–H groups in total. The molecule has 8 amide bonds. The Labute approximate surface area is 888 Å². The van der Waals surface area contributed by atoms with Gasteiger partial charge in [-0.15, -0.1) is 0 Å². The van der Waals surface area contributed by atoms with Crippen molar-refractivity contribution in [2.45, 2.75) is 242 Å². The lowest BCUT2D eigenvalue weighted by Gasteiger charge is -2.41. The summed E-state index contributed by atoms with van der Waals surface area (Å²) in [6, 6.07) is 25.4. The fraction of sp³-hybridized carbons (Fsp3) is 0.546. The largest absolute Gasteiger partial charge is 0.481 e. The van der Waals surface area contributed by atoms with E-state index in [1.165, 1.54) is 23.6 Å². The van der Waals surface area contributed by atoms with Gasteiger partial charge in [0.05, 0.1) is 71.6 Å². The van der Waals surface area contributed by atoms with Crippen LogP contribution in [0.3, 0.4) is 0 Å². The third-order valence-electron chi connectivity index (χ3n) is 24.8. The number of imide groups is 1. The summed E-state index contributed by atoms with van der Waals surface area (Å²) in [5, 5.41) is 47.6. The summed E-state index contributed by atoms with van der Waals surface area (Å²) < 4.78 is 88.6. The van der Waals surface area contributed by atoms with Gasteiger partial charge in [-0.2, -0.15) is 35.3 Å². The number of ketones is 5. The molecule has 8 atom stereocenters. The molecule has 0 aliphatic carbocycles. The molecule has 1 aliphatic rings. The number of hydrogen-bond acceptors (Lipinski definition) is 24. The quantitative estimate of drug-likeness (QED) is 0.00963. The Kier molecular flexibility index (Phi) is 55.6. The maximum absolute atomic E-state index is 15.2. The van der Waals surface area contributed by atoms with Crippen molar-refractivity contribution >= 4 is 145 Å². The highest BCUT2D eigenvalue weighted by Gasteiger charge is 2.42. The highest BCUT2D eigenvalue weighted by molar-refractivity contribution is 8.00. The zero-order valence-corrected chi connectivity index (χ0v) is 91.0. The normalized spacial score (nSPS) is 14.0. The van der Waals surface area contributed by atoms with E-state index in [4.69, 9.17) is 21.7 Å². The van der Waals surface area contributed by atoms with E-state index in [0.29, 0.717) is 80.8 Å². The van der Waals surface area contributed by atoms with Gasteiger partial charge < -0.3 is 72.1 Å². The van der Waals surface area contributed by atoms with Crippen LogP contribution in [0.15, 0.2) is 122 Å². The number of nitrogens with one attached hydrogen (secondary N) is 4. The smallest absolute Gasteiger partial charge is 0.326 e. The molecule has 6 aromatic rings. The zero-order chi connectivity index (χ0) is 112. The van der Waals surface area contributed by atoms with Crippen molar-refractivity contribution in [3.8, 4) is 22.3 Å². The molecule has 150 heavy (non-hydrogen) atoms. The van der Waals surface area contributed by atoms with Crippen LogP contribution in [-0.2, 0) is 104 Å². The Morgan fingerprint density at radius 1 is 0.507 bits per heavy atom. The Bertz CT molecular complexity index is 5660. The molecule has 34 nitrogen and oxygen atoms in total. The number of carboxylic acid groups (broad SMARTS) is 4. The molecule has 1 fully saturated rings. The van der Waals surface area contributed by atoms with Gasteiger partial charge in [0.2, 0.25) is 47.3 Å². The van der Waals surface area contributed by atoms with Crippen LogP contribution in [0.2, 0.25) is 0 Å². The van der Waals surface area contributed by atoms with Gasteiger partial charge in [0.1, 0.15) is 52.4 Å². The predicted molar refractivity (Wildman–Crippen MR) is 569 cm³/mol. The average Bonchev–Trinajstić information content (AvgIpc) is 1.59. The molecule has 2 aromatic heterocycles. The standard InChI is InChI=1S/C60H82F2N6O12S2.C46H61F2N5O11S2.C2H6/c1-37(2)46(31-44(69)17-12-9-13-24-68-53(73)27-38(3)57(68)76)56(75)64-39(4)51(71)29-42(58(77)78)34-82-35-45(70)19-21-49(59(79)80)65-52(72)22-26-81-36-54(74)67(25-14-23-63)55(60(5,6)7)50-28-41(47-30-43(61)18-20-48(47)62)33-66(50)32-40-15-10-8-11-16-40;1-46(2,3)44(39-25-32(37-26-34(47)10-14-38(37)48)28-52(39)27-31-8-5-4-6-9-31)53(21-7-18-49)41(57)30-65-29-33(24-36(55)13-17-43(60)61)45(62)51-20-23-66(63,64)22-19-50-40(56)15-11-35(54)12-16-42(58)59;1-2/h8,10-11,15-16,18,20,28,30,33,37-39,42,46,49,55H,9,12-14,17,19,21-27,29,31-32,34-36,63H2,1-7H3,(H,64,75)(H,65,72)(H,77,78)(H,79,80);4-6,8-10,14,25-26,28,33,44H,7,11-13,15-24,27,29-30,49H2,1-3H3,(H,50,56)(H,51,62)(H,58,59)(H,60,61);1-2H3/t38?,39-,42-,46-,49+,55-;33-,44-;/m00./s1. The van der Waals surface area contributed by atoms with Gasteiger partial charge in [0.15, 0.2) is 15.6 Å². The van der Waals surface area contributed by atoms with Crippen LogP contribution in [-0.4, -0.2) is 257 Å². The number of halogens is 4. The number of carbonyl (C=O) groups excluding carboxylic acids is 13. The molecule has 826 valence electrons. The number of hydrogen-bond donors (Lipinski definition) is 10. The zero-order valence-electron chi connectivity index (χ0n) is 87.8. The van der Waals surface area contributed by atoms with Crippen LogP contribution in [0.25, 0.3) is 22.3 Å². The van der Waals surface area contributed by atoms with Crippen molar-refractivity contribution in [3.63, 3.8) is 0 Å². The van der Waals surface area contributed by atoms with Gasteiger partial charge in [-0.25, -0.2) is 30.8 Å². The van der Waals surface area contributed by atoms with Crippen molar-refractivity contribution in [3.05, 3.63) is 167 Å². The number of carboxylic acids is 4. The molecular weight excluding hydrogens is 2020 g/mol. The van der Waals surface area contributed by atoms with Crippen molar-refractivity contribution < 1.29 is 128 Å². The van der Waals surface area contributed by atoms with E-state index in [2.05, 4.69) is 21.3 Å². The summed E-state index contributed by atoms with van der Waals surface area (Å²) in [7, 11) is -3.81. The Morgan fingerprint density at radius 2 is 0.987 bits per heavy atom. The van der Waals surface area contributed by atoms with E-state index < -0.39 is 181 Å². The maximum atomic E-state index is 15.2. The molecule has 0 bridgehead atoms. The number of nitrogens with two attached hydrogens (primary N) is 2. The number of Topliss-reactive ketones (excluding diaryl/α,β-unsaturated/α-hetero) is 5. The van der Waals surface area contributed by atoms with Crippen molar-refractivity contribution in [1.29, 1.82) is 0 Å². The van der Waals surface area contributed by atoms with Crippen LogP contribution in [0.1, 0.15) is 240 Å². The summed E-state index contributed by atoms with van der Waals surface area (Å²) in [6.07, 6.45) is 3.13. The lowest BCUT2D eigenvalue weighted by Crippen LogP contribution is -2.44. The van der Waals surface area contributed by atoms with Crippen LogP contribution < -0.4 is 32.7 Å². The number of carbonyl (C=O) groups is 17. The third-order valence-corrected chi connectivity index (χ3v) is 29.6. The minimum absolute atomic E-state index is 0.0432. The van der Waals surface area contributed by atoms with E-state index in [9.17, 15) is 109 Å². The van der Waals surface area contributed by atoms with Gasteiger partial charge in [0.25, 0.3) is 0 Å². The molecule has 0 spiro atoms. The number of aliphatic carboxylic acids is 4. The summed E-state index contributed by atoms with van der Waals surface area (Å²) in [6.45, 7) is 24.0. The van der Waals surface area contributed by atoms with Crippen LogP contribution in [0.4, 0.5) is 17.6 Å². The van der Waals surface area contributed by atoms with Crippen LogP contribution >= 0.6 is 35.3 Å². The number of nitrogens with zero attached hydrogens (tertiary/aromatic N) is 5. The Morgan fingerprint density at radius 3 is 1.46 bits per heavy atom. The molecule has 4 aromatic carbocycles. The van der Waals surface area contributed by atoms with Crippen molar-refractivity contribution in [2.24, 2.45) is 51.9 Å². The predicted octanol–water partition coefficient (Wildman–Crippen LogP) is 13.7. The third kappa shape index (κ3) is 45.0. The second-order valence-corrected chi connectivity index (χ2v) is 45.0. The van der Waals surface area contributed by atoms with Crippen LogP contribution in [0.5, 0.6) is 0 Å². The summed E-state index contributed by atoms with van der Waals surface area (Å²) in [4.78, 5) is 219. The molecule has 3 heterocycles. The minimum Gasteiger partial charge on any atom is -0.481 e. The number of thioether (sulfide) groups is 3. The van der Waals surface area contributed by atoms with E-state index in [-0.39, 0.29) is 197 Å². The molecule has 0 radical (unpaired) electrons. The summed E-state index contributed by atoms with van der Waals surface area (Å²) >= 11 is 3.20. The minimum atomic E-state index is -3.81. The van der Waals surface area contributed by atoms with Gasteiger partial charge in [0, 0.05) is 192 Å². The van der Waals surface area contributed by atoms with Gasteiger partial charge in [-0.3, -0.25) is 81.6 Å². The number of amides is 8. The molecule has 42 heteroatoms. The molecule has 1 saturated heterocycles. The first kappa shape index (κ1) is 129. The van der Waals surface area contributed by atoms with Gasteiger partial charge in [-0.05, 0) is 129 Å². The summed E-state index contributed by atoms with van der Waals surface area (Å²) in [5.74, 6) is -17.9. The topological polar surface area (TPSA) is 525 Å². The first-order valence-corrected chi connectivity index (χ1v) is 55.9. The number of likely N-dealkylation sites (tertiary alicyclic amines) is 1. The first-order chi connectivity index (χ1) is 70.8. The average molecular weight is 2170 g/mol. The number of sulfone groups is 1.